The standard InChI is InChI=1S/C17H23NO4/c1-13(15(19)20)12-18(2)16(21)17(8-10-22-11-9-17)14-6-4-3-5-7-14/h3-7,13H,8-12H2,1-2H3,(H,19,20)/t13-/m1/s1. The molecule has 0 bridgehead atoms. The largest absolute Gasteiger partial charge is 0.481 e. The Labute approximate surface area is 130 Å². The maximum Gasteiger partial charge on any atom is 0.308 e. The Morgan fingerprint density at radius 2 is 1.86 bits per heavy atom. The summed E-state index contributed by atoms with van der Waals surface area (Å²) in [7, 11) is 1.68. The average molecular weight is 305 g/mol. The van der Waals surface area contributed by atoms with E-state index < -0.39 is 17.3 Å². The van der Waals surface area contributed by atoms with Gasteiger partial charge in [0.05, 0.1) is 11.3 Å². The molecule has 120 valence electrons. The van der Waals surface area contributed by atoms with Gasteiger partial charge in [-0.2, -0.15) is 0 Å². The maximum atomic E-state index is 13.1. The number of amides is 1. The van der Waals surface area contributed by atoms with Crippen molar-refractivity contribution in [2.45, 2.75) is 25.2 Å². The Morgan fingerprint density at radius 3 is 2.41 bits per heavy atom. The first-order valence-electron chi connectivity index (χ1n) is 7.59. The van der Waals surface area contributed by atoms with Crippen LogP contribution in [-0.4, -0.2) is 48.7 Å². The Balaban J connectivity index is 2.26. The SMILES string of the molecule is C[C@H](CN(C)C(=O)C1(c2ccccc2)CCOCC1)C(=O)O. The summed E-state index contributed by atoms with van der Waals surface area (Å²) in [4.78, 5) is 25.6. The average Bonchev–Trinajstić information content (AvgIpc) is 2.55. The predicted molar refractivity (Wildman–Crippen MR) is 82.6 cm³/mol. The van der Waals surface area contributed by atoms with Crippen LogP contribution in [0.2, 0.25) is 0 Å². The van der Waals surface area contributed by atoms with Gasteiger partial charge < -0.3 is 14.7 Å². The quantitative estimate of drug-likeness (QED) is 0.902. The van der Waals surface area contributed by atoms with Crippen molar-refractivity contribution in [3.8, 4) is 0 Å². The van der Waals surface area contributed by atoms with Crippen molar-refractivity contribution >= 4 is 11.9 Å². The van der Waals surface area contributed by atoms with Crippen molar-refractivity contribution in [3.05, 3.63) is 35.9 Å². The van der Waals surface area contributed by atoms with Gasteiger partial charge in [-0.25, -0.2) is 0 Å². The first-order chi connectivity index (χ1) is 10.5. The number of carbonyl (C=O) groups is 2. The van der Waals surface area contributed by atoms with Gasteiger partial charge in [0, 0.05) is 26.8 Å². The maximum absolute atomic E-state index is 13.1. The highest BCUT2D eigenvalue weighted by atomic mass is 16.5. The summed E-state index contributed by atoms with van der Waals surface area (Å²) in [5.74, 6) is -1.49. The van der Waals surface area contributed by atoms with Crippen molar-refractivity contribution in [3.63, 3.8) is 0 Å². The highest BCUT2D eigenvalue weighted by Gasteiger charge is 2.43. The summed E-state index contributed by atoms with van der Waals surface area (Å²) in [5.41, 5.74) is 0.380. The second-order valence-electron chi connectivity index (χ2n) is 5.99. The molecule has 0 unspecified atom stereocenters. The fraction of sp³-hybridized carbons (Fsp3) is 0.529. The molecule has 0 saturated carbocycles. The fourth-order valence-corrected chi connectivity index (χ4v) is 3.04. The van der Waals surface area contributed by atoms with E-state index in [0.29, 0.717) is 26.1 Å². The predicted octanol–water partition coefficient (Wildman–Crippen LogP) is 1.91. The van der Waals surface area contributed by atoms with Crippen LogP contribution < -0.4 is 0 Å². The van der Waals surface area contributed by atoms with E-state index in [1.54, 1.807) is 18.9 Å². The number of ether oxygens (including phenoxy) is 1. The fourth-order valence-electron chi connectivity index (χ4n) is 3.04. The number of rotatable bonds is 5. The van der Waals surface area contributed by atoms with E-state index in [4.69, 9.17) is 9.84 Å². The normalized spacial score (nSPS) is 18.5. The molecule has 0 aromatic heterocycles. The van der Waals surface area contributed by atoms with Crippen molar-refractivity contribution in [2.75, 3.05) is 26.8 Å². The van der Waals surface area contributed by atoms with Crippen LogP contribution in [0.4, 0.5) is 0 Å². The monoisotopic (exact) mass is 305 g/mol. The lowest BCUT2D eigenvalue weighted by atomic mass is 9.73. The van der Waals surface area contributed by atoms with Crippen LogP contribution in [0.25, 0.3) is 0 Å². The van der Waals surface area contributed by atoms with Gasteiger partial charge in [0.2, 0.25) is 5.91 Å². The number of carboxylic acids is 1. The summed E-state index contributed by atoms with van der Waals surface area (Å²) in [5, 5.41) is 9.05. The smallest absolute Gasteiger partial charge is 0.308 e. The zero-order valence-corrected chi connectivity index (χ0v) is 13.1. The van der Waals surface area contributed by atoms with Gasteiger partial charge in [-0.1, -0.05) is 37.3 Å². The molecule has 1 saturated heterocycles. The molecule has 1 amide bonds. The zero-order chi connectivity index (χ0) is 16.2. The molecule has 0 spiro atoms. The number of likely N-dealkylation sites (N-methyl/N-ethyl adjacent to an activating group) is 1. The van der Waals surface area contributed by atoms with Crippen LogP contribution in [0.15, 0.2) is 30.3 Å². The van der Waals surface area contributed by atoms with Crippen LogP contribution in [0.3, 0.4) is 0 Å². The lowest BCUT2D eigenvalue weighted by Gasteiger charge is -2.39. The molecule has 1 aromatic carbocycles. The third-order valence-electron chi connectivity index (χ3n) is 4.40. The molecule has 1 fully saturated rings. The molecule has 1 aliphatic rings. The molecule has 1 heterocycles. The lowest BCUT2D eigenvalue weighted by molar-refractivity contribution is -0.145. The first-order valence-corrected chi connectivity index (χ1v) is 7.59. The van der Waals surface area contributed by atoms with Crippen LogP contribution in [0.5, 0.6) is 0 Å². The van der Waals surface area contributed by atoms with E-state index in [2.05, 4.69) is 0 Å². The first kappa shape index (κ1) is 16.5. The Morgan fingerprint density at radius 1 is 1.27 bits per heavy atom. The minimum atomic E-state index is -0.889. The molecule has 1 N–H and O–H groups in total. The van der Waals surface area contributed by atoms with Gasteiger partial charge in [-0.15, -0.1) is 0 Å². The van der Waals surface area contributed by atoms with Crippen molar-refractivity contribution in [2.24, 2.45) is 5.92 Å². The minimum Gasteiger partial charge on any atom is -0.481 e. The molecule has 2 rings (SSSR count). The molecule has 1 aromatic rings. The Kier molecular flexibility index (Phi) is 5.19. The highest BCUT2D eigenvalue weighted by molar-refractivity contribution is 5.88. The second kappa shape index (κ2) is 6.92. The topological polar surface area (TPSA) is 66.8 Å². The molecular formula is C17H23NO4. The molecule has 22 heavy (non-hydrogen) atoms. The number of carbonyl (C=O) groups excluding carboxylic acids is 1. The summed E-state index contributed by atoms with van der Waals surface area (Å²) in [6.45, 7) is 2.92. The molecular weight excluding hydrogens is 282 g/mol. The summed E-state index contributed by atoms with van der Waals surface area (Å²) in [6.07, 6.45) is 1.25. The number of carboxylic acid groups (broad SMARTS) is 1. The van der Waals surface area contributed by atoms with E-state index in [1.165, 1.54) is 0 Å². The van der Waals surface area contributed by atoms with Gasteiger partial charge in [0.25, 0.3) is 0 Å². The molecule has 5 nitrogen and oxygen atoms in total. The van der Waals surface area contributed by atoms with Crippen LogP contribution in [0, 0.1) is 5.92 Å². The van der Waals surface area contributed by atoms with Crippen molar-refractivity contribution in [1.29, 1.82) is 0 Å². The highest BCUT2D eigenvalue weighted by Crippen LogP contribution is 2.36. The van der Waals surface area contributed by atoms with Crippen LogP contribution in [0.1, 0.15) is 25.3 Å². The van der Waals surface area contributed by atoms with Crippen LogP contribution in [-0.2, 0) is 19.7 Å². The molecule has 1 aliphatic heterocycles. The third-order valence-corrected chi connectivity index (χ3v) is 4.40. The van der Waals surface area contributed by atoms with Crippen LogP contribution >= 0.6 is 0 Å². The van der Waals surface area contributed by atoms with Gasteiger partial charge in [0.1, 0.15) is 0 Å². The number of hydrogen-bond acceptors (Lipinski definition) is 3. The number of hydrogen-bond donors (Lipinski definition) is 1. The van der Waals surface area contributed by atoms with E-state index in [0.717, 1.165) is 5.56 Å². The van der Waals surface area contributed by atoms with Crippen molar-refractivity contribution in [1.82, 2.24) is 4.90 Å². The van der Waals surface area contributed by atoms with Gasteiger partial charge in [0.15, 0.2) is 0 Å². The summed E-state index contributed by atoms with van der Waals surface area (Å²) >= 11 is 0. The lowest BCUT2D eigenvalue weighted by Crippen LogP contribution is -2.50. The Bertz CT molecular complexity index is 523. The third kappa shape index (κ3) is 3.30. The van der Waals surface area contributed by atoms with Gasteiger partial charge in [-0.3, -0.25) is 9.59 Å². The van der Waals surface area contributed by atoms with E-state index in [1.807, 2.05) is 30.3 Å². The number of aliphatic carboxylic acids is 1. The van der Waals surface area contributed by atoms with Gasteiger partial charge >= 0.3 is 5.97 Å². The zero-order valence-electron chi connectivity index (χ0n) is 13.1. The van der Waals surface area contributed by atoms with Crippen molar-refractivity contribution < 1.29 is 19.4 Å². The van der Waals surface area contributed by atoms with E-state index in [9.17, 15) is 9.59 Å². The molecule has 0 radical (unpaired) electrons. The Hall–Kier alpha value is -1.88. The van der Waals surface area contributed by atoms with Gasteiger partial charge in [-0.05, 0) is 18.4 Å². The molecule has 1 atom stereocenters. The number of nitrogens with zero attached hydrogens (tertiary/aromatic N) is 1. The van der Waals surface area contributed by atoms with E-state index in [-0.39, 0.29) is 12.5 Å². The number of benzene rings is 1. The molecule has 5 heteroatoms. The second-order valence-corrected chi connectivity index (χ2v) is 5.99. The minimum absolute atomic E-state index is 0.0184. The summed E-state index contributed by atoms with van der Waals surface area (Å²) < 4.78 is 5.43. The summed E-state index contributed by atoms with van der Waals surface area (Å²) in [6, 6.07) is 9.73. The van der Waals surface area contributed by atoms with E-state index >= 15 is 0 Å². The molecule has 0 aliphatic carbocycles.